The van der Waals surface area contributed by atoms with E-state index in [9.17, 15) is 4.79 Å². The molecule has 5 nitrogen and oxygen atoms in total. The predicted molar refractivity (Wildman–Crippen MR) is 51.7 cm³/mol. The van der Waals surface area contributed by atoms with Crippen molar-refractivity contribution in [2.24, 2.45) is 5.92 Å². The van der Waals surface area contributed by atoms with Gasteiger partial charge in [0.1, 0.15) is 0 Å². The lowest BCUT2D eigenvalue weighted by atomic mass is 9.99. The Hall–Kier alpha value is -0.650. The Kier molecular flexibility index (Phi) is 4.86. The topological polar surface area (TPSA) is 72.8 Å². The number of nitrogens with zero attached hydrogens (tertiary/aromatic N) is 1. The zero-order valence-electron chi connectivity index (χ0n) is 8.28. The average Bonchev–Trinajstić information content (AvgIpc) is 2.11. The molecule has 1 saturated heterocycles. The normalized spacial score (nSPS) is 16.4. The van der Waals surface area contributed by atoms with Crippen LogP contribution in [0.4, 0.5) is 0 Å². The summed E-state index contributed by atoms with van der Waals surface area (Å²) in [6, 6.07) is 0. The zero-order valence-corrected chi connectivity index (χ0v) is 8.28. The van der Waals surface area contributed by atoms with Crippen LogP contribution in [0.2, 0.25) is 0 Å². The van der Waals surface area contributed by atoms with E-state index in [1.165, 1.54) is 4.90 Å². The van der Waals surface area contributed by atoms with E-state index in [1.54, 1.807) is 0 Å². The fourth-order valence-electron chi connectivity index (χ4n) is 1.47. The molecular formula is C9H18N2O3. The van der Waals surface area contributed by atoms with Gasteiger partial charge in [-0.3, -0.25) is 4.79 Å². The second-order valence-electron chi connectivity index (χ2n) is 3.56. The van der Waals surface area contributed by atoms with E-state index < -0.39 is 0 Å². The standard InChI is InChI=1S/C9H18N2O3/c12-3-1-11(2-4-13)9(14)5-8-6-10-7-8/h8,10,12-13H,1-7H2. The van der Waals surface area contributed by atoms with Crippen molar-refractivity contribution in [3.8, 4) is 0 Å². The number of amides is 1. The molecule has 3 N–H and O–H groups in total. The third kappa shape index (κ3) is 3.25. The Labute approximate surface area is 83.7 Å². The summed E-state index contributed by atoms with van der Waals surface area (Å²) < 4.78 is 0. The van der Waals surface area contributed by atoms with E-state index in [-0.39, 0.29) is 19.1 Å². The quantitative estimate of drug-likeness (QED) is 0.485. The molecule has 1 aliphatic heterocycles. The summed E-state index contributed by atoms with van der Waals surface area (Å²) in [6.07, 6.45) is 0.521. The van der Waals surface area contributed by atoms with Crippen LogP contribution < -0.4 is 5.32 Å². The first-order valence-corrected chi connectivity index (χ1v) is 4.98. The van der Waals surface area contributed by atoms with Crippen LogP contribution in [-0.2, 0) is 4.79 Å². The van der Waals surface area contributed by atoms with Gasteiger partial charge < -0.3 is 20.4 Å². The molecule has 5 heteroatoms. The minimum absolute atomic E-state index is 0.0274. The van der Waals surface area contributed by atoms with Gasteiger partial charge in [0.05, 0.1) is 13.2 Å². The van der Waals surface area contributed by atoms with E-state index in [4.69, 9.17) is 10.2 Å². The molecule has 0 spiro atoms. The Balaban J connectivity index is 2.28. The number of aliphatic hydroxyl groups is 2. The summed E-state index contributed by atoms with van der Waals surface area (Å²) in [6.45, 7) is 2.35. The van der Waals surface area contributed by atoms with Gasteiger partial charge in [-0.1, -0.05) is 0 Å². The van der Waals surface area contributed by atoms with Crippen molar-refractivity contribution in [3.05, 3.63) is 0 Å². The minimum Gasteiger partial charge on any atom is -0.395 e. The van der Waals surface area contributed by atoms with Gasteiger partial charge >= 0.3 is 0 Å². The van der Waals surface area contributed by atoms with Gasteiger partial charge in [-0.05, 0) is 19.0 Å². The van der Waals surface area contributed by atoms with Crippen LogP contribution >= 0.6 is 0 Å². The predicted octanol–water partition coefficient (Wildman–Crippen LogP) is -1.59. The van der Waals surface area contributed by atoms with Gasteiger partial charge in [-0.2, -0.15) is 0 Å². The summed E-state index contributed by atoms with van der Waals surface area (Å²) in [5.41, 5.74) is 0. The smallest absolute Gasteiger partial charge is 0.223 e. The molecule has 0 atom stereocenters. The molecule has 14 heavy (non-hydrogen) atoms. The summed E-state index contributed by atoms with van der Waals surface area (Å²) in [4.78, 5) is 13.1. The molecule has 0 aliphatic carbocycles. The molecule has 0 aromatic heterocycles. The van der Waals surface area contributed by atoms with Crippen LogP contribution in [0.3, 0.4) is 0 Å². The second-order valence-corrected chi connectivity index (χ2v) is 3.56. The maximum absolute atomic E-state index is 11.6. The molecule has 0 bridgehead atoms. The summed E-state index contributed by atoms with van der Waals surface area (Å²) in [5, 5.41) is 20.6. The molecule has 0 aromatic rings. The Morgan fingerprint density at radius 2 is 1.86 bits per heavy atom. The molecule has 1 rings (SSSR count). The van der Waals surface area contributed by atoms with E-state index in [1.807, 2.05) is 0 Å². The number of hydrogen-bond acceptors (Lipinski definition) is 4. The Bertz CT molecular complexity index is 177. The number of rotatable bonds is 6. The third-order valence-electron chi connectivity index (χ3n) is 2.42. The van der Waals surface area contributed by atoms with Crippen molar-refractivity contribution >= 4 is 5.91 Å². The van der Waals surface area contributed by atoms with Crippen LogP contribution in [-0.4, -0.2) is 60.4 Å². The summed E-state index contributed by atoms with van der Waals surface area (Å²) in [7, 11) is 0. The lowest BCUT2D eigenvalue weighted by molar-refractivity contribution is -0.133. The highest BCUT2D eigenvalue weighted by Crippen LogP contribution is 2.10. The Morgan fingerprint density at radius 1 is 1.29 bits per heavy atom. The maximum Gasteiger partial charge on any atom is 0.223 e. The molecule has 0 radical (unpaired) electrons. The number of carbonyl (C=O) groups excluding carboxylic acids is 1. The zero-order chi connectivity index (χ0) is 10.4. The van der Waals surface area contributed by atoms with Gasteiger partial charge in [-0.25, -0.2) is 0 Å². The van der Waals surface area contributed by atoms with Gasteiger partial charge in [-0.15, -0.1) is 0 Å². The van der Waals surface area contributed by atoms with Gasteiger partial charge in [0.2, 0.25) is 5.91 Å². The van der Waals surface area contributed by atoms with E-state index in [0.717, 1.165) is 13.1 Å². The monoisotopic (exact) mass is 202 g/mol. The van der Waals surface area contributed by atoms with Crippen molar-refractivity contribution in [2.75, 3.05) is 39.4 Å². The molecule has 82 valence electrons. The first kappa shape index (κ1) is 11.4. The molecule has 1 amide bonds. The first-order valence-electron chi connectivity index (χ1n) is 4.98. The van der Waals surface area contributed by atoms with Gasteiger partial charge in [0.25, 0.3) is 0 Å². The number of aliphatic hydroxyl groups excluding tert-OH is 2. The van der Waals surface area contributed by atoms with E-state index in [0.29, 0.717) is 25.4 Å². The summed E-state index contributed by atoms with van der Waals surface area (Å²) in [5.74, 6) is 0.460. The van der Waals surface area contributed by atoms with Crippen molar-refractivity contribution in [3.63, 3.8) is 0 Å². The largest absolute Gasteiger partial charge is 0.395 e. The van der Waals surface area contributed by atoms with Crippen LogP contribution in [0.5, 0.6) is 0 Å². The maximum atomic E-state index is 11.6. The fraction of sp³-hybridized carbons (Fsp3) is 0.889. The van der Waals surface area contributed by atoms with E-state index >= 15 is 0 Å². The number of nitrogens with one attached hydrogen (secondary N) is 1. The van der Waals surface area contributed by atoms with Crippen LogP contribution in [0.1, 0.15) is 6.42 Å². The number of carbonyl (C=O) groups is 1. The van der Waals surface area contributed by atoms with Gasteiger partial charge in [0, 0.05) is 19.5 Å². The first-order chi connectivity index (χ1) is 6.77. The van der Waals surface area contributed by atoms with Crippen LogP contribution in [0, 0.1) is 5.92 Å². The van der Waals surface area contributed by atoms with Gasteiger partial charge in [0.15, 0.2) is 0 Å². The highest BCUT2D eigenvalue weighted by molar-refractivity contribution is 5.76. The minimum atomic E-state index is -0.0470. The number of hydrogen-bond donors (Lipinski definition) is 3. The van der Waals surface area contributed by atoms with Crippen molar-refractivity contribution in [1.29, 1.82) is 0 Å². The van der Waals surface area contributed by atoms with E-state index in [2.05, 4.69) is 5.32 Å². The van der Waals surface area contributed by atoms with Crippen LogP contribution in [0.15, 0.2) is 0 Å². The molecule has 0 aromatic carbocycles. The molecule has 1 heterocycles. The molecular weight excluding hydrogens is 184 g/mol. The van der Waals surface area contributed by atoms with Crippen LogP contribution in [0.25, 0.3) is 0 Å². The third-order valence-corrected chi connectivity index (χ3v) is 2.42. The lowest BCUT2D eigenvalue weighted by Gasteiger charge is -2.29. The average molecular weight is 202 g/mol. The Morgan fingerprint density at radius 3 is 2.21 bits per heavy atom. The lowest BCUT2D eigenvalue weighted by Crippen LogP contribution is -2.46. The molecule has 1 fully saturated rings. The van der Waals surface area contributed by atoms with Crippen molar-refractivity contribution in [2.45, 2.75) is 6.42 Å². The molecule has 0 unspecified atom stereocenters. The fourth-order valence-corrected chi connectivity index (χ4v) is 1.47. The van der Waals surface area contributed by atoms with Crippen molar-refractivity contribution < 1.29 is 15.0 Å². The summed E-state index contributed by atoms with van der Waals surface area (Å²) >= 11 is 0. The SMILES string of the molecule is O=C(CC1CNC1)N(CCO)CCO. The highest BCUT2D eigenvalue weighted by Gasteiger charge is 2.22. The molecule has 0 saturated carbocycles. The van der Waals surface area contributed by atoms with Crippen molar-refractivity contribution in [1.82, 2.24) is 10.2 Å². The molecule has 1 aliphatic rings. The highest BCUT2D eigenvalue weighted by atomic mass is 16.3. The second kappa shape index (κ2) is 5.95.